The van der Waals surface area contributed by atoms with E-state index in [4.69, 9.17) is 10.8 Å². The van der Waals surface area contributed by atoms with Crippen LogP contribution in [0.4, 0.5) is 5.82 Å². The number of rotatable bonds is 3. The second-order valence-corrected chi connectivity index (χ2v) is 3.88. The molecule has 3 N–H and O–H groups in total. The SMILES string of the molecule is Cc1cccc(-n2nc(N)cc2CC(=O)O)c1. The molecule has 0 aliphatic carbocycles. The molecule has 0 radical (unpaired) electrons. The molecule has 1 aromatic heterocycles. The Morgan fingerprint density at radius 2 is 2.24 bits per heavy atom. The summed E-state index contributed by atoms with van der Waals surface area (Å²) in [6, 6.07) is 9.24. The Hall–Kier alpha value is -2.30. The van der Waals surface area contributed by atoms with E-state index in [9.17, 15) is 4.79 Å². The number of aliphatic carboxylic acids is 1. The number of nitrogen functional groups attached to an aromatic ring is 1. The van der Waals surface area contributed by atoms with Crippen molar-refractivity contribution >= 4 is 11.8 Å². The van der Waals surface area contributed by atoms with Crippen molar-refractivity contribution in [3.8, 4) is 5.69 Å². The van der Waals surface area contributed by atoms with Gasteiger partial charge in [-0.3, -0.25) is 4.79 Å². The first-order valence-corrected chi connectivity index (χ1v) is 5.19. The van der Waals surface area contributed by atoms with Gasteiger partial charge in [0.15, 0.2) is 0 Å². The van der Waals surface area contributed by atoms with Gasteiger partial charge in [0.2, 0.25) is 0 Å². The zero-order valence-corrected chi connectivity index (χ0v) is 9.42. The summed E-state index contributed by atoms with van der Waals surface area (Å²) in [5, 5.41) is 12.9. The highest BCUT2D eigenvalue weighted by atomic mass is 16.4. The predicted octanol–water partition coefficient (Wildman–Crippen LogP) is 1.39. The van der Waals surface area contributed by atoms with Gasteiger partial charge in [-0.1, -0.05) is 12.1 Å². The molecule has 0 bridgehead atoms. The lowest BCUT2D eigenvalue weighted by Gasteiger charge is -2.06. The van der Waals surface area contributed by atoms with Crippen molar-refractivity contribution in [1.29, 1.82) is 0 Å². The van der Waals surface area contributed by atoms with Gasteiger partial charge < -0.3 is 10.8 Å². The zero-order chi connectivity index (χ0) is 12.4. The molecule has 0 saturated carbocycles. The fraction of sp³-hybridized carbons (Fsp3) is 0.167. The molecule has 0 aliphatic heterocycles. The molecular formula is C12H13N3O2. The van der Waals surface area contributed by atoms with Crippen molar-refractivity contribution in [3.05, 3.63) is 41.6 Å². The number of nitrogens with two attached hydrogens (primary N) is 1. The van der Waals surface area contributed by atoms with Gasteiger partial charge in [-0.2, -0.15) is 5.10 Å². The van der Waals surface area contributed by atoms with Crippen LogP contribution in [-0.4, -0.2) is 20.9 Å². The van der Waals surface area contributed by atoms with Crippen LogP contribution < -0.4 is 5.73 Å². The third-order valence-corrected chi connectivity index (χ3v) is 2.38. The lowest BCUT2D eigenvalue weighted by Crippen LogP contribution is -2.08. The molecule has 1 heterocycles. The monoisotopic (exact) mass is 231 g/mol. The highest BCUT2D eigenvalue weighted by Crippen LogP contribution is 2.15. The van der Waals surface area contributed by atoms with Crippen LogP contribution in [-0.2, 0) is 11.2 Å². The molecule has 17 heavy (non-hydrogen) atoms. The van der Waals surface area contributed by atoms with Crippen molar-refractivity contribution in [1.82, 2.24) is 9.78 Å². The second-order valence-electron chi connectivity index (χ2n) is 3.88. The van der Waals surface area contributed by atoms with Crippen LogP contribution in [0.2, 0.25) is 0 Å². The molecule has 0 spiro atoms. The first-order chi connectivity index (χ1) is 8.06. The van der Waals surface area contributed by atoms with Crippen molar-refractivity contribution < 1.29 is 9.90 Å². The first kappa shape index (κ1) is 11.2. The number of carboxylic acids is 1. The summed E-state index contributed by atoms with van der Waals surface area (Å²) >= 11 is 0. The molecular weight excluding hydrogens is 218 g/mol. The number of nitrogens with zero attached hydrogens (tertiary/aromatic N) is 2. The summed E-state index contributed by atoms with van der Waals surface area (Å²) in [7, 11) is 0. The van der Waals surface area contributed by atoms with Crippen LogP contribution in [0.5, 0.6) is 0 Å². The number of hydrogen-bond acceptors (Lipinski definition) is 3. The Kier molecular flexibility index (Phi) is 2.82. The standard InChI is InChI=1S/C12H13N3O2/c1-8-3-2-4-9(5-8)15-10(7-12(16)17)6-11(13)14-15/h2-6H,7H2,1H3,(H2,13,14)(H,16,17). The normalized spacial score (nSPS) is 10.4. The molecule has 0 aliphatic rings. The van der Waals surface area contributed by atoms with Gasteiger partial charge in [0.1, 0.15) is 5.82 Å². The molecule has 0 unspecified atom stereocenters. The molecule has 0 atom stereocenters. The fourth-order valence-electron chi connectivity index (χ4n) is 1.70. The van der Waals surface area contributed by atoms with Gasteiger partial charge in [-0.25, -0.2) is 4.68 Å². The highest BCUT2D eigenvalue weighted by Gasteiger charge is 2.11. The Balaban J connectivity index is 2.47. The van der Waals surface area contributed by atoms with E-state index in [1.807, 2.05) is 31.2 Å². The molecule has 1 aromatic carbocycles. The van der Waals surface area contributed by atoms with E-state index in [1.54, 1.807) is 10.7 Å². The largest absolute Gasteiger partial charge is 0.481 e. The van der Waals surface area contributed by atoms with Crippen LogP contribution in [0.3, 0.4) is 0 Å². The van der Waals surface area contributed by atoms with E-state index in [0.717, 1.165) is 11.3 Å². The summed E-state index contributed by atoms with van der Waals surface area (Å²) in [5.74, 6) is -0.582. The molecule has 2 aromatic rings. The van der Waals surface area contributed by atoms with E-state index >= 15 is 0 Å². The van der Waals surface area contributed by atoms with E-state index in [0.29, 0.717) is 11.5 Å². The van der Waals surface area contributed by atoms with Gasteiger partial charge in [-0.05, 0) is 24.6 Å². The van der Waals surface area contributed by atoms with Gasteiger partial charge in [0, 0.05) is 6.07 Å². The van der Waals surface area contributed by atoms with Crippen molar-refractivity contribution in [2.75, 3.05) is 5.73 Å². The lowest BCUT2D eigenvalue weighted by molar-refractivity contribution is -0.136. The highest BCUT2D eigenvalue weighted by molar-refractivity contribution is 5.70. The lowest BCUT2D eigenvalue weighted by atomic mass is 10.2. The topological polar surface area (TPSA) is 81.1 Å². The van der Waals surface area contributed by atoms with Crippen LogP contribution in [0.25, 0.3) is 5.69 Å². The molecule has 0 saturated heterocycles. The average molecular weight is 231 g/mol. The van der Waals surface area contributed by atoms with Gasteiger partial charge in [0.05, 0.1) is 17.8 Å². The smallest absolute Gasteiger partial charge is 0.309 e. The number of carboxylic acid groups (broad SMARTS) is 1. The fourth-order valence-corrected chi connectivity index (χ4v) is 1.70. The summed E-state index contributed by atoms with van der Waals surface area (Å²) in [6.45, 7) is 1.97. The van der Waals surface area contributed by atoms with E-state index in [-0.39, 0.29) is 6.42 Å². The summed E-state index contributed by atoms with van der Waals surface area (Å²) in [4.78, 5) is 10.7. The number of aromatic nitrogens is 2. The maximum atomic E-state index is 10.7. The quantitative estimate of drug-likeness (QED) is 0.836. The average Bonchev–Trinajstić information content (AvgIpc) is 2.58. The van der Waals surface area contributed by atoms with E-state index in [1.165, 1.54) is 0 Å². The first-order valence-electron chi connectivity index (χ1n) is 5.19. The minimum absolute atomic E-state index is 0.0991. The minimum Gasteiger partial charge on any atom is -0.481 e. The number of benzene rings is 1. The number of hydrogen-bond donors (Lipinski definition) is 2. The van der Waals surface area contributed by atoms with Crippen molar-refractivity contribution in [3.63, 3.8) is 0 Å². The molecule has 0 fully saturated rings. The maximum absolute atomic E-state index is 10.7. The van der Waals surface area contributed by atoms with E-state index < -0.39 is 5.97 Å². The number of anilines is 1. The number of aryl methyl sites for hydroxylation is 1. The second kappa shape index (κ2) is 4.29. The summed E-state index contributed by atoms with van der Waals surface area (Å²) < 4.78 is 1.57. The Morgan fingerprint density at radius 1 is 1.47 bits per heavy atom. The molecule has 2 rings (SSSR count). The maximum Gasteiger partial charge on any atom is 0.309 e. The third kappa shape index (κ3) is 2.44. The van der Waals surface area contributed by atoms with Gasteiger partial charge >= 0.3 is 5.97 Å². The third-order valence-electron chi connectivity index (χ3n) is 2.38. The minimum atomic E-state index is -0.904. The summed E-state index contributed by atoms with van der Waals surface area (Å²) in [6.07, 6.45) is -0.0991. The van der Waals surface area contributed by atoms with Gasteiger partial charge in [-0.15, -0.1) is 0 Å². The molecule has 0 amide bonds. The Labute approximate surface area is 98.5 Å². The Bertz CT molecular complexity index is 561. The molecule has 88 valence electrons. The van der Waals surface area contributed by atoms with Crippen molar-refractivity contribution in [2.45, 2.75) is 13.3 Å². The molecule has 5 heteroatoms. The predicted molar refractivity (Wildman–Crippen MR) is 64.1 cm³/mol. The van der Waals surface area contributed by atoms with Gasteiger partial charge in [0.25, 0.3) is 0 Å². The van der Waals surface area contributed by atoms with E-state index in [2.05, 4.69) is 5.10 Å². The Morgan fingerprint density at radius 3 is 2.88 bits per heavy atom. The zero-order valence-electron chi connectivity index (χ0n) is 9.42. The summed E-state index contributed by atoms with van der Waals surface area (Å²) in [5.41, 5.74) is 8.07. The number of carbonyl (C=O) groups is 1. The van der Waals surface area contributed by atoms with Crippen LogP contribution in [0, 0.1) is 6.92 Å². The van der Waals surface area contributed by atoms with Crippen LogP contribution >= 0.6 is 0 Å². The molecule has 5 nitrogen and oxygen atoms in total. The van der Waals surface area contributed by atoms with Crippen LogP contribution in [0.1, 0.15) is 11.3 Å². The van der Waals surface area contributed by atoms with Crippen molar-refractivity contribution in [2.24, 2.45) is 0 Å². The van der Waals surface area contributed by atoms with Crippen LogP contribution in [0.15, 0.2) is 30.3 Å².